The molecule has 0 aromatic carbocycles. The Morgan fingerprint density at radius 3 is 2.71 bits per heavy atom. The second-order valence-corrected chi connectivity index (χ2v) is 10.6. The number of fused-ring (bicyclic) bond motifs is 5. The summed E-state index contributed by atoms with van der Waals surface area (Å²) in [6.07, 6.45) is 18.1. The van der Waals surface area contributed by atoms with E-state index in [4.69, 9.17) is 0 Å². The fourth-order valence-corrected chi connectivity index (χ4v) is 7.58. The van der Waals surface area contributed by atoms with E-state index in [-0.39, 0.29) is 5.41 Å². The summed E-state index contributed by atoms with van der Waals surface area (Å²) in [5.74, 6) is 2.21. The lowest BCUT2D eigenvalue weighted by molar-refractivity contribution is -0.121. The van der Waals surface area contributed by atoms with Crippen LogP contribution in [0.25, 0.3) is 5.57 Å². The Kier molecular flexibility index (Phi) is 4.18. The highest BCUT2D eigenvalue weighted by Gasteiger charge is 2.57. The van der Waals surface area contributed by atoms with Gasteiger partial charge in [-0.2, -0.15) is 0 Å². The standard InChI is InChI=1S/C26H35NO/c1-4-26(28)14-13-24(2)19(16-26)7-8-20-22-10-9-21(18-6-5-15-27-17-18)25(22,3)12-11-23(20)24/h5-6,9-10,15,17,19-20,23,28H,4,7-8,11-14,16H2,1-3H3/t19?,20-,23-,24-,25+,26-/m0/s1. The molecule has 5 rings (SSSR count). The number of pyridine rings is 1. The summed E-state index contributed by atoms with van der Waals surface area (Å²) in [5.41, 5.74) is 4.65. The summed E-state index contributed by atoms with van der Waals surface area (Å²) in [7, 11) is 0. The van der Waals surface area contributed by atoms with Crippen LogP contribution in [0.5, 0.6) is 0 Å². The summed E-state index contributed by atoms with van der Waals surface area (Å²) in [4.78, 5) is 4.38. The Balaban J connectivity index is 1.43. The Hall–Kier alpha value is -1.41. The zero-order valence-electron chi connectivity index (χ0n) is 17.7. The molecule has 1 heterocycles. The first kappa shape index (κ1) is 18.6. The maximum Gasteiger partial charge on any atom is 0.0648 e. The van der Waals surface area contributed by atoms with Crippen LogP contribution in [0, 0.1) is 28.6 Å². The molecule has 0 saturated heterocycles. The van der Waals surface area contributed by atoms with Crippen LogP contribution in [-0.4, -0.2) is 15.7 Å². The Morgan fingerprint density at radius 1 is 1.11 bits per heavy atom. The molecular formula is C26H35NO. The van der Waals surface area contributed by atoms with E-state index in [1.165, 1.54) is 43.2 Å². The molecule has 6 atom stereocenters. The van der Waals surface area contributed by atoms with Gasteiger partial charge in [0.2, 0.25) is 0 Å². The van der Waals surface area contributed by atoms with Gasteiger partial charge in [-0.15, -0.1) is 0 Å². The number of hydrogen-bond donors (Lipinski definition) is 1. The monoisotopic (exact) mass is 377 g/mol. The van der Waals surface area contributed by atoms with Gasteiger partial charge in [0.1, 0.15) is 0 Å². The van der Waals surface area contributed by atoms with E-state index in [2.05, 4.69) is 50.0 Å². The van der Waals surface area contributed by atoms with Gasteiger partial charge in [-0.1, -0.05) is 44.6 Å². The van der Waals surface area contributed by atoms with Crippen LogP contribution in [0.3, 0.4) is 0 Å². The zero-order valence-corrected chi connectivity index (χ0v) is 17.7. The second-order valence-electron chi connectivity index (χ2n) is 10.6. The predicted octanol–water partition coefficient (Wildman–Crippen LogP) is 6.18. The van der Waals surface area contributed by atoms with Crippen molar-refractivity contribution in [2.45, 2.75) is 77.7 Å². The lowest BCUT2D eigenvalue weighted by Crippen LogP contribution is -2.54. The largest absolute Gasteiger partial charge is 0.390 e. The topological polar surface area (TPSA) is 33.1 Å². The van der Waals surface area contributed by atoms with E-state index in [0.717, 1.165) is 31.1 Å². The van der Waals surface area contributed by atoms with Crippen LogP contribution < -0.4 is 0 Å². The van der Waals surface area contributed by atoms with Crippen molar-refractivity contribution in [3.8, 4) is 0 Å². The fourth-order valence-electron chi connectivity index (χ4n) is 7.58. The maximum absolute atomic E-state index is 11.0. The smallest absolute Gasteiger partial charge is 0.0648 e. The van der Waals surface area contributed by atoms with Gasteiger partial charge in [0.05, 0.1) is 5.60 Å². The number of aromatic nitrogens is 1. The van der Waals surface area contributed by atoms with E-state index in [1.807, 2.05) is 12.4 Å². The number of rotatable bonds is 2. The van der Waals surface area contributed by atoms with Gasteiger partial charge in [-0.3, -0.25) is 4.98 Å². The molecule has 3 fully saturated rings. The average molecular weight is 378 g/mol. The average Bonchev–Trinajstić information content (AvgIpc) is 3.06. The summed E-state index contributed by atoms with van der Waals surface area (Å²) in [6.45, 7) is 7.21. The van der Waals surface area contributed by atoms with Crippen LogP contribution >= 0.6 is 0 Å². The lowest BCUT2D eigenvalue weighted by atomic mass is 9.45. The minimum absolute atomic E-state index is 0.187. The Bertz CT molecular complexity index is 826. The van der Waals surface area contributed by atoms with E-state index < -0.39 is 5.60 Å². The molecule has 0 aliphatic heterocycles. The first-order valence-electron chi connectivity index (χ1n) is 11.5. The molecule has 4 aliphatic rings. The number of nitrogens with zero attached hydrogens (tertiary/aromatic N) is 1. The van der Waals surface area contributed by atoms with Gasteiger partial charge in [0.25, 0.3) is 0 Å². The van der Waals surface area contributed by atoms with Crippen LogP contribution in [-0.2, 0) is 0 Å². The third-order valence-corrected chi connectivity index (χ3v) is 9.49. The molecule has 1 aromatic heterocycles. The third kappa shape index (κ3) is 2.53. The molecule has 0 amide bonds. The number of allylic oxidation sites excluding steroid dienone is 4. The highest BCUT2D eigenvalue weighted by molar-refractivity contribution is 5.78. The molecule has 28 heavy (non-hydrogen) atoms. The van der Waals surface area contributed by atoms with Crippen LogP contribution in [0.1, 0.15) is 77.7 Å². The fraction of sp³-hybridized carbons (Fsp3) is 0.654. The van der Waals surface area contributed by atoms with Gasteiger partial charge < -0.3 is 5.11 Å². The molecular weight excluding hydrogens is 342 g/mol. The first-order valence-corrected chi connectivity index (χ1v) is 11.5. The first-order chi connectivity index (χ1) is 13.4. The van der Waals surface area contributed by atoms with Crippen molar-refractivity contribution in [2.24, 2.45) is 28.6 Å². The van der Waals surface area contributed by atoms with Crippen molar-refractivity contribution in [3.05, 3.63) is 47.8 Å². The molecule has 4 aliphatic carbocycles. The molecule has 0 radical (unpaired) electrons. The SMILES string of the molecule is CC[C@]1(O)CC[C@@]2(C)C(CC[C@H]3C4=CC=C(c5cccnc5)[C@@]4(C)CC[C@@H]32)C1. The van der Waals surface area contributed by atoms with Gasteiger partial charge in [-0.05, 0) is 91.7 Å². The van der Waals surface area contributed by atoms with Crippen LogP contribution in [0.15, 0.2) is 42.3 Å². The highest BCUT2D eigenvalue weighted by atomic mass is 16.3. The lowest BCUT2D eigenvalue weighted by Gasteiger charge is -2.60. The number of hydrogen-bond acceptors (Lipinski definition) is 2. The molecule has 1 aromatic rings. The minimum Gasteiger partial charge on any atom is -0.390 e. The van der Waals surface area contributed by atoms with Gasteiger partial charge in [-0.25, -0.2) is 0 Å². The summed E-state index contributed by atoms with van der Waals surface area (Å²) in [5, 5.41) is 11.0. The van der Waals surface area contributed by atoms with E-state index >= 15 is 0 Å². The molecule has 2 nitrogen and oxygen atoms in total. The van der Waals surface area contributed by atoms with Crippen molar-refractivity contribution in [3.63, 3.8) is 0 Å². The molecule has 3 saturated carbocycles. The Labute approximate surface area is 170 Å². The summed E-state index contributed by atoms with van der Waals surface area (Å²) >= 11 is 0. The molecule has 150 valence electrons. The van der Waals surface area contributed by atoms with E-state index in [1.54, 1.807) is 5.57 Å². The minimum atomic E-state index is -0.401. The zero-order chi connectivity index (χ0) is 19.6. The van der Waals surface area contributed by atoms with E-state index in [9.17, 15) is 5.11 Å². The van der Waals surface area contributed by atoms with Crippen molar-refractivity contribution >= 4 is 5.57 Å². The summed E-state index contributed by atoms with van der Waals surface area (Å²) < 4.78 is 0. The molecule has 0 bridgehead atoms. The molecule has 1 unspecified atom stereocenters. The van der Waals surface area contributed by atoms with Crippen molar-refractivity contribution < 1.29 is 5.11 Å². The normalized spacial score (nSPS) is 44.8. The molecule has 2 heteroatoms. The molecule has 1 N–H and O–H groups in total. The maximum atomic E-state index is 11.0. The van der Waals surface area contributed by atoms with Crippen LogP contribution in [0.4, 0.5) is 0 Å². The van der Waals surface area contributed by atoms with E-state index in [0.29, 0.717) is 11.3 Å². The van der Waals surface area contributed by atoms with Crippen molar-refractivity contribution in [2.75, 3.05) is 0 Å². The molecule has 0 spiro atoms. The predicted molar refractivity (Wildman–Crippen MR) is 115 cm³/mol. The Morgan fingerprint density at radius 2 is 1.96 bits per heavy atom. The van der Waals surface area contributed by atoms with Gasteiger partial charge >= 0.3 is 0 Å². The summed E-state index contributed by atoms with van der Waals surface area (Å²) in [6, 6.07) is 4.28. The number of aliphatic hydroxyl groups is 1. The van der Waals surface area contributed by atoms with Crippen LogP contribution in [0.2, 0.25) is 0 Å². The third-order valence-electron chi connectivity index (χ3n) is 9.49. The van der Waals surface area contributed by atoms with Gasteiger partial charge in [0, 0.05) is 17.8 Å². The quantitative estimate of drug-likeness (QED) is 0.667. The van der Waals surface area contributed by atoms with Crippen molar-refractivity contribution in [1.82, 2.24) is 4.98 Å². The second kappa shape index (κ2) is 6.29. The highest BCUT2D eigenvalue weighted by Crippen LogP contribution is 2.66. The van der Waals surface area contributed by atoms with Crippen molar-refractivity contribution in [1.29, 1.82) is 0 Å². The van der Waals surface area contributed by atoms with Gasteiger partial charge in [0.15, 0.2) is 0 Å².